The van der Waals surface area contributed by atoms with E-state index in [1.165, 1.54) is 0 Å². The molecule has 3 aliphatic rings. The number of carbonyl (C=O) groups excluding carboxylic acids is 1. The van der Waals surface area contributed by atoms with Gasteiger partial charge in [-0.3, -0.25) is 10.1 Å². The Hall–Kier alpha value is -1.32. The summed E-state index contributed by atoms with van der Waals surface area (Å²) in [5.41, 5.74) is 9.34. The molecule has 0 aromatic rings. The molecule has 0 radical (unpaired) electrons. The first-order chi connectivity index (χ1) is 12.6. The van der Waals surface area contributed by atoms with Gasteiger partial charge in [0.2, 0.25) is 5.91 Å². The minimum atomic E-state index is -0.485. The first-order valence-electron chi connectivity index (χ1n) is 9.26. The molecule has 6 atom stereocenters. The molecule has 10 heteroatoms. The third-order valence-electron chi connectivity index (χ3n) is 5.30. The van der Waals surface area contributed by atoms with Gasteiger partial charge in [-0.1, -0.05) is 0 Å². The Morgan fingerprint density at radius 1 is 1.46 bits per heavy atom. The number of nitriles is 1. The fraction of sp³-hybridized carbons (Fsp3) is 0.875. The second kappa shape index (κ2) is 9.05. The van der Waals surface area contributed by atoms with Gasteiger partial charge < -0.3 is 26.2 Å². The number of amides is 1. The monoisotopic (exact) mass is 367 g/mol. The van der Waals surface area contributed by atoms with E-state index in [-0.39, 0.29) is 43.4 Å². The van der Waals surface area contributed by atoms with E-state index in [0.29, 0.717) is 26.1 Å². The van der Waals surface area contributed by atoms with Crippen molar-refractivity contribution in [3.8, 4) is 6.07 Å². The molecular formula is C16H29N7O3. The lowest BCUT2D eigenvalue weighted by molar-refractivity contribution is -0.129. The summed E-state index contributed by atoms with van der Waals surface area (Å²) < 4.78 is 5.67. The van der Waals surface area contributed by atoms with E-state index in [0.717, 1.165) is 13.0 Å². The number of ether oxygens (including phenoxy) is 1. The molecule has 146 valence electrons. The van der Waals surface area contributed by atoms with Crippen LogP contribution in [0.4, 0.5) is 0 Å². The third kappa shape index (κ3) is 4.32. The second-order valence-corrected chi connectivity index (χ2v) is 7.16. The van der Waals surface area contributed by atoms with Gasteiger partial charge in [-0.05, 0) is 18.9 Å². The molecule has 0 aliphatic carbocycles. The van der Waals surface area contributed by atoms with Crippen LogP contribution in [0.25, 0.3) is 0 Å². The molecule has 0 aromatic carbocycles. The number of hydrogen-bond donors (Lipinski definition) is 6. The molecule has 3 aliphatic heterocycles. The van der Waals surface area contributed by atoms with Crippen LogP contribution < -0.4 is 27.1 Å². The summed E-state index contributed by atoms with van der Waals surface area (Å²) in [4.78, 5) is 12.9. The highest BCUT2D eigenvalue weighted by molar-refractivity contribution is 5.80. The molecule has 0 saturated carbocycles. The van der Waals surface area contributed by atoms with Crippen molar-refractivity contribution in [3.63, 3.8) is 0 Å². The standard InChI is InChI=1S/C16H29N7O3/c17-3-1-10-7-20-15-13(14(18)22-23(15)9-10)16(25)21-11-8-19-4-2-12(11)26-6-5-24/h10-15,19-20,22,24H,1-2,4-9,18H2,(H,21,25). The number of carbonyl (C=O) groups is 1. The minimum absolute atomic E-state index is 0.0349. The van der Waals surface area contributed by atoms with E-state index in [1.807, 2.05) is 5.01 Å². The Morgan fingerprint density at radius 3 is 3.08 bits per heavy atom. The molecule has 0 aromatic heterocycles. The van der Waals surface area contributed by atoms with E-state index in [2.05, 4.69) is 27.4 Å². The summed E-state index contributed by atoms with van der Waals surface area (Å²) in [6.07, 6.45) is 0.467. The van der Waals surface area contributed by atoms with Gasteiger partial charge in [0.25, 0.3) is 0 Å². The molecule has 3 rings (SSSR count). The van der Waals surface area contributed by atoms with Crippen molar-refractivity contribution < 1.29 is 14.6 Å². The van der Waals surface area contributed by atoms with Crippen LogP contribution in [0.2, 0.25) is 0 Å². The third-order valence-corrected chi connectivity index (χ3v) is 5.30. The topological polar surface area (TPSA) is 148 Å². The Kier molecular flexibility index (Phi) is 6.77. The molecule has 6 unspecified atom stereocenters. The maximum Gasteiger partial charge on any atom is 0.229 e. The average molecular weight is 367 g/mol. The van der Waals surface area contributed by atoms with Gasteiger partial charge in [0.1, 0.15) is 0 Å². The predicted molar refractivity (Wildman–Crippen MR) is 93.1 cm³/mol. The fourth-order valence-corrected chi connectivity index (χ4v) is 4.01. The van der Waals surface area contributed by atoms with Gasteiger partial charge in [0.05, 0.1) is 49.7 Å². The van der Waals surface area contributed by atoms with Crippen LogP contribution >= 0.6 is 0 Å². The van der Waals surface area contributed by atoms with E-state index in [9.17, 15) is 4.79 Å². The highest BCUT2D eigenvalue weighted by Crippen LogP contribution is 2.24. The van der Waals surface area contributed by atoms with Gasteiger partial charge in [-0.15, -0.1) is 0 Å². The SMILES string of the molecule is N#CCC1CNC2C(C(=O)NC3CNCCC3OCCO)C(N)NN2C1. The number of aliphatic hydroxyl groups excluding tert-OH is 1. The lowest BCUT2D eigenvalue weighted by Crippen LogP contribution is -2.60. The highest BCUT2D eigenvalue weighted by atomic mass is 16.5. The number of hydrogen-bond acceptors (Lipinski definition) is 9. The maximum atomic E-state index is 12.9. The average Bonchev–Trinajstić information content (AvgIpc) is 2.96. The molecule has 26 heavy (non-hydrogen) atoms. The van der Waals surface area contributed by atoms with Crippen LogP contribution in [0.5, 0.6) is 0 Å². The lowest BCUT2D eigenvalue weighted by atomic mass is 9.96. The van der Waals surface area contributed by atoms with E-state index in [4.69, 9.17) is 20.8 Å². The van der Waals surface area contributed by atoms with Crippen molar-refractivity contribution in [2.24, 2.45) is 17.6 Å². The molecule has 1 amide bonds. The zero-order valence-electron chi connectivity index (χ0n) is 14.9. The van der Waals surface area contributed by atoms with Crippen molar-refractivity contribution >= 4 is 5.91 Å². The number of nitrogens with two attached hydrogens (primary N) is 1. The molecular weight excluding hydrogens is 338 g/mol. The van der Waals surface area contributed by atoms with Gasteiger partial charge in [0.15, 0.2) is 0 Å². The summed E-state index contributed by atoms with van der Waals surface area (Å²) in [6.45, 7) is 3.07. The Labute approximate surface area is 153 Å². The van der Waals surface area contributed by atoms with Crippen LogP contribution in [0, 0.1) is 23.2 Å². The number of aliphatic hydroxyl groups is 1. The van der Waals surface area contributed by atoms with Crippen LogP contribution in [0.15, 0.2) is 0 Å². The minimum Gasteiger partial charge on any atom is -0.394 e. The first-order valence-corrected chi connectivity index (χ1v) is 9.26. The van der Waals surface area contributed by atoms with Crippen molar-refractivity contribution in [2.45, 2.75) is 37.3 Å². The molecule has 3 heterocycles. The fourth-order valence-electron chi connectivity index (χ4n) is 4.01. The van der Waals surface area contributed by atoms with Crippen molar-refractivity contribution in [1.29, 1.82) is 5.26 Å². The van der Waals surface area contributed by atoms with Crippen LogP contribution in [0.3, 0.4) is 0 Å². The number of nitrogens with zero attached hydrogens (tertiary/aromatic N) is 2. The maximum absolute atomic E-state index is 12.9. The van der Waals surface area contributed by atoms with E-state index in [1.54, 1.807) is 0 Å². The lowest BCUT2D eigenvalue weighted by Gasteiger charge is -2.37. The van der Waals surface area contributed by atoms with E-state index >= 15 is 0 Å². The normalized spacial score (nSPS) is 37.7. The van der Waals surface area contributed by atoms with Crippen LogP contribution in [-0.2, 0) is 9.53 Å². The van der Waals surface area contributed by atoms with Gasteiger partial charge in [-0.25, -0.2) is 10.4 Å². The summed E-state index contributed by atoms with van der Waals surface area (Å²) in [7, 11) is 0. The van der Waals surface area contributed by atoms with Crippen molar-refractivity contribution in [1.82, 2.24) is 26.4 Å². The van der Waals surface area contributed by atoms with Gasteiger partial charge >= 0.3 is 0 Å². The van der Waals surface area contributed by atoms with Gasteiger partial charge in [-0.2, -0.15) is 5.26 Å². The van der Waals surface area contributed by atoms with Crippen LogP contribution in [-0.4, -0.2) is 79.9 Å². The van der Waals surface area contributed by atoms with E-state index < -0.39 is 12.1 Å². The quantitative estimate of drug-likeness (QED) is 0.289. The zero-order valence-corrected chi connectivity index (χ0v) is 14.9. The smallest absolute Gasteiger partial charge is 0.229 e. The van der Waals surface area contributed by atoms with Crippen molar-refractivity contribution in [2.75, 3.05) is 39.4 Å². The number of hydrazine groups is 1. The highest BCUT2D eigenvalue weighted by Gasteiger charge is 2.47. The summed E-state index contributed by atoms with van der Waals surface area (Å²) in [5.74, 6) is -0.329. The number of nitrogens with one attached hydrogen (secondary N) is 4. The van der Waals surface area contributed by atoms with Crippen molar-refractivity contribution in [3.05, 3.63) is 0 Å². The molecule has 10 nitrogen and oxygen atoms in total. The Balaban J connectivity index is 1.59. The molecule has 0 bridgehead atoms. The number of piperidine rings is 1. The second-order valence-electron chi connectivity index (χ2n) is 7.16. The summed E-state index contributed by atoms with van der Waals surface area (Å²) in [6, 6.07) is 2.04. The van der Waals surface area contributed by atoms with Gasteiger partial charge in [0, 0.05) is 26.1 Å². The number of fused-ring (bicyclic) bond motifs is 1. The molecule has 0 spiro atoms. The summed E-state index contributed by atoms with van der Waals surface area (Å²) in [5, 5.41) is 29.5. The molecule has 3 fully saturated rings. The largest absolute Gasteiger partial charge is 0.394 e. The van der Waals surface area contributed by atoms with Crippen LogP contribution in [0.1, 0.15) is 12.8 Å². The Morgan fingerprint density at radius 2 is 2.31 bits per heavy atom. The summed E-state index contributed by atoms with van der Waals surface area (Å²) >= 11 is 0. The molecule has 3 saturated heterocycles. The molecule has 7 N–H and O–H groups in total. The predicted octanol–water partition coefficient (Wildman–Crippen LogP) is -2.98. The number of rotatable bonds is 6. The Bertz CT molecular complexity index is 528. The first kappa shape index (κ1) is 19.4. The zero-order chi connectivity index (χ0) is 18.5.